The lowest BCUT2D eigenvalue weighted by Gasteiger charge is -2.05. The van der Waals surface area contributed by atoms with Gasteiger partial charge in [0, 0.05) is 20.6 Å². The molecule has 0 fully saturated rings. The molecule has 0 radical (unpaired) electrons. The molecule has 0 saturated heterocycles. The van der Waals surface area contributed by atoms with Crippen molar-refractivity contribution in [2.24, 2.45) is 0 Å². The molecule has 4 nitrogen and oxygen atoms in total. The number of ether oxygens (including phenoxy) is 1. The molecular weight excluding hydrogens is 366 g/mol. The third-order valence-corrected chi connectivity index (χ3v) is 4.36. The van der Waals surface area contributed by atoms with E-state index in [1.807, 2.05) is 24.3 Å². The van der Waals surface area contributed by atoms with Crippen LogP contribution >= 0.6 is 27.7 Å². The summed E-state index contributed by atoms with van der Waals surface area (Å²) in [6.07, 6.45) is -0.509. The second-order valence-corrected chi connectivity index (χ2v) is 6.32. The molecular formula is C16H14BrNO3S. The van der Waals surface area contributed by atoms with Gasteiger partial charge in [-0.25, -0.2) is 4.79 Å². The number of halogens is 1. The Kier molecular flexibility index (Phi) is 6.03. The van der Waals surface area contributed by atoms with Crippen LogP contribution in [0.2, 0.25) is 0 Å². The maximum atomic E-state index is 12.1. The highest BCUT2D eigenvalue weighted by Crippen LogP contribution is 2.22. The number of Topliss-reactive ketones (excluding diaryl/α,β-unsaturated/α-hetero) is 1. The minimum atomic E-state index is -0.509. The first kappa shape index (κ1) is 16.6. The Morgan fingerprint density at radius 1 is 1.09 bits per heavy atom. The summed E-state index contributed by atoms with van der Waals surface area (Å²) in [5.74, 6) is 0.444. The van der Waals surface area contributed by atoms with Gasteiger partial charge in [0.2, 0.25) is 0 Å². The van der Waals surface area contributed by atoms with Crippen molar-refractivity contribution in [3.8, 4) is 0 Å². The number of carbonyl (C=O) groups excluding carboxylic acids is 2. The first-order valence-electron chi connectivity index (χ1n) is 6.45. The van der Waals surface area contributed by atoms with E-state index in [0.717, 1.165) is 9.37 Å². The Morgan fingerprint density at radius 3 is 2.32 bits per heavy atom. The Balaban J connectivity index is 1.90. The number of amides is 1. The van der Waals surface area contributed by atoms with E-state index in [1.54, 1.807) is 24.3 Å². The lowest BCUT2D eigenvalue weighted by atomic mass is 10.2. The average Bonchev–Trinajstić information content (AvgIpc) is 2.54. The highest BCUT2D eigenvalue weighted by Gasteiger charge is 2.07. The number of hydrogen-bond donors (Lipinski definition) is 1. The van der Waals surface area contributed by atoms with Crippen molar-refractivity contribution >= 4 is 45.3 Å². The van der Waals surface area contributed by atoms with Gasteiger partial charge in [-0.05, 0) is 36.4 Å². The molecule has 6 heteroatoms. The molecule has 0 unspecified atom stereocenters. The molecule has 0 aromatic heterocycles. The summed E-state index contributed by atoms with van der Waals surface area (Å²) in [5.41, 5.74) is 1.34. The van der Waals surface area contributed by atoms with Gasteiger partial charge in [-0.3, -0.25) is 10.1 Å². The van der Waals surface area contributed by atoms with E-state index >= 15 is 0 Å². The summed E-state index contributed by atoms with van der Waals surface area (Å²) in [5, 5.41) is 2.57. The zero-order valence-electron chi connectivity index (χ0n) is 11.8. The fourth-order valence-corrected chi connectivity index (χ4v) is 2.73. The van der Waals surface area contributed by atoms with Crippen molar-refractivity contribution in [1.82, 2.24) is 0 Å². The normalized spacial score (nSPS) is 10.1. The molecule has 1 N–H and O–H groups in total. The van der Waals surface area contributed by atoms with E-state index in [1.165, 1.54) is 18.9 Å². The Morgan fingerprint density at radius 2 is 1.73 bits per heavy atom. The van der Waals surface area contributed by atoms with Crippen LogP contribution in [0.25, 0.3) is 0 Å². The zero-order valence-corrected chi connectivity index (χ0v) is 14.2. The number of rotatable bonds is 5. The number of hydrogen-bond acceptors (Lipinski definition) is 4. The van der Waals surface area contributed by atoms with Crippen LogP contribution in [0.3, 0.4) is 0 Å². The smallest absolute Gasteiger partial charge is 0.411 e. The van der Waals surface area contributed by atoms with Crippen LogP contribution in [0.15, 0.2) is 57.9 Å². The summed E-state index contributed by atoms with van der Waals surface area (Å²) < 4.78 is 5.47. The molecule has 0 aliphatic heterocycles. The topological polar surface area (TPSA) is 55.4 Å². The molecule has 2 rings (SSSR count). The first-order valence-corrected chi connectivity index (χ1v) is 8.23. The van der Waals surface area contributed by atoms with Crippen LogP contribution in [-0.2, 0) is 4.74 Å². The van der Waals surface area contributed by atoms with Crippen molar-refractivity contribution < 1.29 is 14.3 Å². The largest absolute Gasteiger partial charge is 0.453 e. The lowest BCUT2D eigenvalue weighted by molar-refractivity contribution is 0.102. The van der Waals surface area contributed by atoms with E-state index in [4.69, 9.17) is 0 Å². The number of benzene rings is 2. The van der Waals surface area contributed by atoms with E-state index in [9.17, 15) is 9.59 Å². The molecule has 2 aromatic carbocycles. The van der Waals surface area contributed by atoms with Crippen LogP contribution < -0.4 is 5.32 Å². The number of thioether (sulfide) groups is 1. The van der Waals surface area contributed by atoms with Gasteiger partial charge in [0.15, 0.2) is 5.78 Å². The molecule has 0 saturated carbocycles. The van der Waals surface area contributed by atoms with Crippen molar-refractivity contribution in [2.45, 2.75) is 4.90 Å². The molecule has 22 heavy (non-hydrogen) atoms. The van der Waals surface area contributed by atoms with Crippen LogP contribution in [-0.4, -0.2) is 24.7 Å². The molecule has 1 amide bonds. The van der Waals surface area contributed by atoms with Crippen molar-refractivity contribution in [2.75, 3.05) is 18.2 Å². The van der Waals surface area contributed by atoms with Crippen LogP contribution in [0.1, 0.15) is 10.4 Å². The third kappa shape index (κ3) is 4.89. The van der Waals surface area contributed by atoms with E-state index in [2.05, 4.69) is 26.0 Å². The number of carbonyl (C=O) groups is 2. The Bertz CT molecular complexity index is 656. The molecule has 0 aliphatic rings. The second kappa shape index (κ2) is 8.00. The van der Waals surface area contributed by atoms with Gasteiger partial charge >= 0.3 is 6.09 Å². The van der Waals surface area contributed by atoms with E-state index in [0.29, 0.717) is 17.0 Å². The van der Waals surface area contributed by atoms with Crippen LogP contribution in [0, 0.1) is 0 Å². The number of anilines is 1. The molecule has 0 atom stereocenters. The molecule has 0 bridgehead atoms. The Hall–Kier alpha value is -1.79. The summed E-state index contributed by atoms with van der Waals surface area (Å²) in [6, 6.07) is 14.5. The second-order valence-electron chi connectivity index (χ2n) is 4.36. The fraction of sp³-hybridized carbons (Fsp3) is 0.125. The van der Waals surface area contributed by atoms with E-state index in [-0.39, 0.29) is 5.78 Å². The SMILES string of the molecule is COC(=O)Nc1ccc(SCC(=O)c2ccc(Br)cc2)cc1. The zero-order chi connectivity index (χ0) is 15.9. The Labute approximate surface area is 141 Å². The first-order chi connectivity index (χ1) is 10.6. The van der Waals surface area contributed by atoms with Crippen molar-refractivity contribution in [3.63, 3.8) is 0 Å². The van der Waals surface area contributed by atoms with Crippen LogP contribution in [0.4, 0.5) is 10.5 Å². The minimum absolute atomic E-state index is 0.0780. The molecule has 0 heterocycles. The number of nitrogens with one attached hydrogen (secondary N) is 1. The monoisotopic (exact) mass is 379 g/mol. The highest BCUT2D eigenvalue weighted by atomic mass is 79.9. The fourth-order valence-electron chi connectivity index (χ4n) is 1.67. The highest BCUT2D eigenvalue weighted by molar-refractivity contribution is 9.10. The standard InChI is InChI=1S/C16H14BrNO3S/c1-21-16(20)18-13-6-8-14(9-7-13)22-10-15(19)11-2-4-12(17)5-3-11/h2-9H,10H2,1H3,(H,18,20). The molecule has 0 aliphatic carbocycles. The summed E-state index contributed by atoms with van der Waals surface area (Å²) >= 11 is 4.80. The average molecular weight is 380 g/mol. The maximum absolute atomic E-state index is 12.1. The third-order valence-electron chi connectivity index (χ3n) is 2.82. The van der Waals surface area contributed by atoms with Gasteiger partial charge in [0.25, 0.3) is 0 Å². The predicted molar refractivity (Wildman–Crippen MR) is 91.7 cm³/mol. The van der Waals surface area contributed by atoms with Gasteiger partial charge in [-0.1, -0.05) is 28.1 Å². The summed E-state index contributed by atoms with van der Waals surface area (Å²) in [6.45, 7) is 0. The van der Waals surface area contributed by atoms with Gasteiger partial charge in [0.05, 0.1) is 12.9 Å². The maximum Gasteiger partial charge on any atom is 0.411 e. The van der Waals surface area contributed by atoms with Crippen molar-refractivity contribution in [3.05, 3.63) is 58.6 Å². The summed E-state index contributed by atoms with van der Waals surface area (Å²) in [7, 11) is 1.31. The molecule has 2 aromatic rings. The molecule has 114 valence electrons. The van der Waals surface area contributed by atoms with Gasteiger partial charge < -0.3 is 4.74 Å². The van der Waals surface area contributed by atoms with Gasteiger partial charge in [-0.2, -0.15) is 0 Å². The lowest BCUT2D eigenvalue weighted by Crippen LogP contribution is -2.10. The van der Waals surface area contributed by atoms with E-state index < -0.39 is 6.09 Å². The predicted octanol–water partition coefficient (Wildman–Crippen LogP) is 4.60. The number of methoxy groups -OCH3 is 1. The summed E-state index contributed by atoms with van der Waals surface area (Å²) in [4.78, 5) is 24.1. The number of ketones is 1. The van der Waals surface area contributed by atoms with Crippen LogP contribution in [0.5, 0.6) is 0 Å². The minimum Gasteiger partial charge on any atom is -0.453 e. The molecule has 0 spiro atoms. The van der Waals surface area contributed by atoms with Gasteiger partial charge in [0.1, 0.15) is 0 Å². The van der Waals surface area contributed by atoms with Crippen molar-refractivity contribution in [1.29, 1.82) is 0 Å². The van der Waals surface area contributed by atoms with Gasteiger partial charge in [-0.15, -0.1) is 11.8 Å². The quantitative estimate of drug-likeness (QED) is 0.608.